The van der Waals surface area contributed by atoms with Gasteiger partial charge in [0.05, 0.1) is 17.7 Å². The van der Waals surface area contributed by atoms with E-state index in [0.29, 0.717) is 16.3 Å². The first-order valence-electron chi connectivity index (χ1n) is 6.72. The van der Waals surface area contributed by atoms with Gasteiger partial charge < -0.3 is 9.47 Å². The smallest absolute Gasteiger partial charge is 0.339 e. The molecule has 4 heteroatoms. The van der Waals surface area contributed by atoms with Crippen LogP contribution in [0.25, 0.3) is 10.8 Å². The molecule has 3 nitrogen and oxygen atoms in total. The van der Waals surface area contributed by atoms with Crippen LogP contribution in [0.5, 0.6) is 11.5 Å². The number of ether oxygens (including phenoxy) is 2. The summed E-state index contributed by atoms with van der Waals surface area (Å²) in [5, 5.41) is 2.40. The van der Waals surface area contributed by atoms with Crippen LogP contribution in [0.4, 0.5) is 0 Å². The van der Waals surface area contributed by atoms with Crippen LogP contribution >= 0.6 is 11.6 Å². The molecule has 0 N–H and O–H groups in total. The Kier molecular flexibility index (Phi) is 3.98. The van der Waals surface area contributed by atoms with Gasteiger partial charge in [-0.1, -0.05) is 48.0 Å². The molecule has 0 atom stereocenters. The Morgan fingerprint density at radius 3 is 2.55 bits per heavy atom. The largest absolute Gasteiger partial charge is 0.465 e. The Bertz CT molecular complexity index is 837. The van der Waals surface area contributed by atoms with Crippen molar-refractivity contribution >= 4 is 28.3 Å². The molecule has 0 radical (unpaired) electrons. The quantitative estimate of drug-likeness (QED) is 0.633. The van der Waals surface area contributed by atoms with Crippen LogP contribution in [0.15, 0.2) is 60.7 Å². The van der Waals surface area contributed by atoms with Crippen LogP contribution in [-0.4, -0.2) is 13.1 Å². The molecule has 0 saturated carbocycles. The van der Waals surface area contributed by atoms with Crippen molar-refractivity contribution in [3.8, 4) is 11.5 Å². The molecular weight excluding hydrogens is 300 g/mol. The van der Waals surface area contributed by atoms with Gasteiger partial charge in [-0.15, -0.1) is 0 Å². The van der Waals surface area contributed by atoms with Crippen molar-refractivity contribution in [1.29, 1.82) is 0 Å². The van der Waals surface area contributed by atoms with Crippen LogP contribution in [0, 0.1) is 0 Å². The fraction of sp³-hybridized carbons (Fsp3) is 0.0556. The van der Waals surface area contributed by atoms with E-state index in [1.807, 2.05) is 42.5 Å². The molecule has 3 aromatic carbocycles. The summed E-state index contributed by atoms with van der Waals surface area (Å²) in [6.45, 7) is 0. The average Bonchev–Trinajstić information content (AvgIpc) is 2.55. The van der Waals surface area contributed by atoms with Crippen molar-refractivity contribution in [1.82, 2.24) is 0 Å². The minimum atomic E-state index is -0.471. The van der Waals surface area contributed by atoms with Crippen LogP contribution < -0.4 is 4.74 Å². The normalized spacial score (nSPS) is 10.5. The number of methoxy groups -OCH3 is 1. The van der Waals surface area contributed by atoms with E-state index in [1.165, 1.54) is 7.11 Å². The van der Waals surface area contributed by atoms with Gasteiger partial charge in [-0.3, -0.25) is 0 Å². The number of halogens is 1. The highest BCUT2D eigenvalue weighted by molar-refractivity contribution is 6.33. The lowest BCUT2D eigenvalue weighted by atomic mass is 10.1. The van der Waals surface area contributed by atoms with Gasteiger partial charge >= 0.3 is 5.97 Å². The summed E-state index contributed by atoms with van der Waals surface area (Å²) in [5.74, 6) is 0.829. The number of benzene rings is 3. The summed E-state index contributed by atoms with van der Waals surface area (Å²) >= 11 is 6.11. The first-order valence-corrected chi connectivity index (χ1v) is 7.10. The van der Waals surface area contributed by atoms with E-state index in [0.717, 1.165) is 16.5 Å². The Labute approximate surface area is 133 Å². The molecule has 0 amide bonds. The highest BCUT2D eigenvalue weighted by atomic mass is 35.5. The van der Waals surface area contributed by atoms with Gasteiger partial charge in [-0.05, 0) is 23.6 Å². The highest BCUT2D eigenvalue weighted by Gasteiger charge is 2.12. The average molecular weight is 313 g/mol. The summed E-state index contributed by atoms with van der Waals surface area (Å²) in [4.78, 5) is 11.5. The van der Waals surface area contributed by atoms with Crippen molar-refractivity contribution in [2.24, 2.45) is 0 Å². The van der Waals surface area contributed by atoms with Crippen molar-refractivity contribution in [2.75, 3.05) is 7.11 Å². The fourth-order valence-corrected chi connectivity index (χ4v) is 2.49. The maximum absolute atomic E-state index is 11.5. The molecule has 22 heavy (non-hydrogen) atoms. The topological polar surface area (TPSA) is 35.5 Å². The number of carbonyl (C=O) groups excluding carboxylic acids is 1. The minimum Gasteiger partial charge on any atom is -0.465 e. The lowest BCUT2D eigenvalue weighted by molar-refractivity contribution is 0.0601. The predicted octanol–water partition coefficient (Wildman–Crippen LogP) is 5.07. The fourth-order valence-electron chi connectivity index (χ4n) is 2.25. The van der Waals surface area contributed by atoms with Crippen molar-refractivity contribution in [2.45, 2.75) is 0 Å². The van der Waals surface area contributed by atoms with E-state index < -0.39 is 5.97 Å². The number of fused-ring (bicyclic) bond motifs is 1. The van der Waals surface area contributed by atoms with Crippen LogP contribution in [0.1, 0.15) is 10.4 Å². The van der Waals surface area contributed by atoms with Gasteiger partial charge in [0, 0.05) is 11.5 Å². The van der Waals surface area contributed by atoms with E-state index in [1.54, 1.807) is 18.2 Å². The summed E-state index contributed by atoms with van der Waals surface area (Å²) in [6.07, 6.45) is 0. The van der Waals surface area contributed by atoms with Crippen LogP contribution in [0.2, 0.25) is 5.02 Å². The molecule has 3 rings (SSSR count). The van der Waals surface area contributed by atoms with Gasteiger partial charge in [-0.25, -0.2) is 4.79 Å². The first kappa shape index (κ1) is 14.4. The molecular formula is C18H13ClO3. The molecule has 0 fully saturated rings. The lowest BCUT2D eigenvalue weighted by Crippen LogP contribution is -2.01. The zero-order chi connectivity index (χ0) is 15.5. The molecule has 0 bridgehead atoms. The summed E-state index contributed by atoms with van der Waals surface area (Å²) in [7, 11) is 1.32. The van der Waals surface area contributed by atoms with Crippen LogP contribution in [-0.2, 0) is 4.74 Å². The van der Waals surface area contributed by atoms with E-state index >= 15 is 0 Å². The van der Waals surface area contributed by atoms with Gasteiger partial charge in [0.15, 0.2) is 0 Å². The SMILES string of the molecule is COC(=O)c1ccc(Oc2cccc3ccccc23)cc1Cl. The second-order valence-corrected chi connectivity index (χ2v) is 5.12. The Morgan fingerprint density at radius 1 is 1.00 bits per heavy atom. The van der Waals surface area contributed by atoms with Crippen molar-refractivity contribution in [3.63, 3.8) is 0 Å². The summed E-state index contributed by atoms with van der Waals surface area (Å²) in [6, 6.07) is 18.7. The molecule has 0 unspecified atom stereocenters. The number of rotatable bonds is 3. The third kappa shape index (κ3) is 2.76. The minimum absolute atomic E-state index is 0.296. The van der Waals surface area contributed by atoms with Gasteiger partial charge in [0.1, 0.15) is 11.5 Å². The monoisotopic (exact) mass is 312 g/mol. The third-order valence-corrected chi connectivity index (χ3v) is 3.64. The Balaban J connectivity index is 1.96. The maximum Gasteiger partial charge on any atom is 0.339 e. The second-order valence-electron chi connectivity index (χ2n) is 4.71. The van der Waals surface area contributed by atoms with E-state index in [9.17, 15) is 4.79 Å². The Hall–Kier alpha value is -2.52. The Morgan fingerprint density at radius 2 is 1.77 bits per heavy atom. The molecule has 0 heterocycles. The summed E-state index contributed by atoms with van der Waals surface area (Å²) in [5.41, 5.74) is 0.314. The number of hydrogen-bond donors (Lipinski definition) is 0. The molecule has 0 aliphatic rings. The van der Waals surface area contributed by atoms with E-state index in [4.69, 9.17) is 16.3 Å². The van der Waals surface area contributed by atoms with Gasteiger partial charge in [0.2, 0.25) is 0 Å². The van der Waals surface area contributed by atoms with Crippen LogP contribution in [0.3, 0.4) is 0 Å². The second kappa shape index (κ2) is 6.08. The highest BCUT2D eigenvalue weighted by Crippen LogP contribution is 2.31. The molecule has 110 valence electrons. The predicted molar refractivity (Wildman–Crippen MR) is 86.8 cm³/mol. The van der Waals surface area contributed by atoms with Crippen molar-refractivity contribution < 1.29 is 14.3 Å². The van der Waals surface area contributed by atoms with E-state index in [2.05, 4.69) is 4.74 Å². The third-order valence-electron chi connectivity index (χ3n) is 3.32. The molecule has 0 aliphatic carbocycles. The molecule has 0 spiro atoms. The molecule has 0 saturated heterocycles. The first-order chi connectivity index (χ1) is 10.7. The molecule has 0 aliphatic heterocycles. The molecule has 3 aromatic rings. The number of hydrogen-bond acceptors (Lipinski definition) is 3. The van der Waals surface area contributed by atoms with Gasteiger partial charge in [-0.2, -0.15) is 0 Å². The zero-order valence-electron chi connectivity index (χ0n) is 11.9. The summed E-state index contributed by atoms with van der Waals surface area (Å²) < 4.78 is 10.6. The number of esters is 1. The zero-order valence-corrected chi connectivity index (χ0v) is 12.6. The maximum atomic E-state index is 11.5. The standard InChI is InChI=1S/C18H13ClO3/c1-21-18(20)15-10-9-13(11-16(15)19)22-17-8-4-6-12-5-2-3-7-14(12)17/h2-11H,1H3. The van der Waals surface area contributed by atoms with E-state index in [-0.39, 0.29) is 0 Å². The number of carbonyl (C=O) groups is 1. The molecule has 0 aromatic heterocycles. The van der Waals surface area contributed by atoms with Crippen molar-refractivity contribution in [3.05, 3.63) is 71.2 Å². The lowest BCUT2D eigenvalue weighted by Gasteiger charge is -2.10. The van der Waals surface area contributed by atoms with Gasteiger partial charge in [0.25, 0.3) is 0 Å².